The molecule has 2 rings (SSSR count). The Balaban J connectivity index is 1.95. The Hall–Kier alpha value is -1.43. The molecule has 0 unspecified atom stereocenters. The SMILES string of the molecule is Cc1cnc(NC(=O)CN(CCC(C)C)C(=O)C2CCCCC2)s1. The number of carbonyl (C=O) groups is 2. The number of hydrogen-bond acceptors (Lipinski definition) is 4. The molecular weight excluding hydrogens is 322 g/mol. The lowest BCUT2D eigenvalue weighted by Gasteiger charge is -2.29. The van der Waals surface area contributed by atoms with Crippen LogP contribution in [0.3, 0.4) is 0 Å². The van der Waals surface area contributed by atoms with E-state index in [0.29, 0.717) is 17.6 Å². The van der Waals surface area contributed by atoms with E-state index in [1.807, 2.05) is 6.92 Å². The Morgan fingerprint density at radius 3 is 2.62 bits per heavy atom. The van der Waals surface area contributed by atoms with Gasteiger partial charge in [0, 0.05) is 23.5 Å². The standard InChI is InChI=1S/C18H29N3O2S/c1-13(2)9-10-21(17(23)15-7-5-4-6-8-15)12-16(22)20-18-19-11-14(3)24-18/h11,13,15H,4-10,12H2,1-3H3,(H,19,20,22). The molecule has 1 fully saturated rings. The molecule has 2 amide bonds. The molecule has 5 nitrogen and oxygen atoms in total. The van der Waals surface area contributed by atoms with Gasteiger partial charge < -0.3 is 10.2 Å². The summed E-state index contributed by atoms with van der Waals surface area (Å²) < 4.78 is 0. The third-order valence-corrected chi connectivity index (χ3v) is 5.27. The van der Waals surface area contributed by atoms with Crippen LogP contribution in [0.5, 0.6) is 0 Å². The molecule has 0 atom stereocenters. The topological polar surface area (TPSA) is 62.3 Å². The van der Waals surface area contributed by atoms with E-state index < -0.39 is 0 Å². The first-order valence-electron chi connectivity index (χ1n) is 8.96. The van der Waals surface area contributed by atoms with Crippen molar-refractivity contribution in [2.45, 2.75) is 59.3 Å². The molecule has 0 aromatic carbocycles. The molecule has 0 bridgehead atoms. The van der Waals surface area contributed by atoms with Gasteiger partial charge in [-0.25, -0.2) is 4.98 Å². The number of carbonyl (C=O) groups excluding carboxylic acids is 2. The summed E-state index contributed by atoms with van der Waals surface area (Å²) in [6.07, 6.45) is 8.05. The lowest BCUT2D eigenvalue weighted by atomic mass is 9.88. The summed E-state index contributed by atoms with van der Waals surface area (Å²) in [6, 6.07) is 0. The lowest BCUT2D eigenvalue weighted by Crippen LogP contribution is -2.42. The quantitative estimate of drug-likeness (QED) is 0.812. The second-order valence-electron chi connectivity index (χ2n) is 7.10. The van der Waals surface area contributed by atoms with Crippen LogP contribution in [0.2, 0.25) is 0 Å². The molecule has 1 aromatic heterocycles. The highest BCUT2D eigenvalue weighted by Gasteiger charge is 2.27. The van der Waals surface area contributed by atoms with E-state index in [-0.39, 0.29) is 24.3 Å². The van der Waals surface area contributed by atoms with E-state index in [1.54, 1.807) is 11.1 Å². The van der Waals surface area contributed by atoms with Crippen LogP contribution < -0.4 is 5.32 Å². The smallest absolute Gasteiger partial charge is 0.245 e. The van der Waals surface area contributed by atoms with Gasteiger partial charge in [-0.2, -0.15) is 0 Å². The fourth-order valence-electron chi connectivity index (χ4n) is 3.03. The van der Waals surface area contributed by atoms with Gasteiger partial charge in [-0.3, -0.25) is 9.59 Å². The molecule has 6 heteroatoms. The summed E-state index contributed by atoms with van der Waals surface area (Å²) in [4.78, 5) is 32.1. The number of nitrogens with zero attached hydrogens (tertiary/aromatic N) is 2. The van der Waals surface area contributed by atoms with Gasteiger partial charge in [-0.15, -0.1) is 11.3 Å². The van der Waals surface area contributed by atoms with Crippen molar-refractivity contribution >= 4 is 28.3 Å². The summed E-state index contributed by atoms with van der Waals surface area (Å²) >= 11 is 1.45. The van der Waals surface area contributed by atoms with Crippen molar-refractivity contribution in [1.29, 1.82) is 0 Å². The number of rotatable bonds is 7. The minimum atomic E-state index is -0.155. The first kappa shape index (κ1) is 18.9. The molecule has 134 valence electrons. The minimum Gasteiger partial charge on any atom is -0.333 e. The highest BCUT2D eigenvalue weighted by molar-refractivity contribution is 7.15. The van der Waals surface area contributed by atoms with Crippen molar-refractivity contribution in [1.82, 2.24) is 9.88 Å². The molecule has 1 saturated carbocycles. The Kier molecular flexibility index (Phi) is 7.21. The molecule has 1 N–H and O–H groups in total. The molecule has 1 aliphatic rings. The van der Waals surface area contributed by atoms with Gasteiger partial charge in [0.2, 0.25) is 11.8 Å². The average Bonchev–Trinajstić information content (AvgIpc) is 2.96. The summed E-state index contributed by atoms with van der Waals surface area (Å²) in [6.45, 7) is 7.01. The third-order valence-electron chi connectivity index (χ3n) is 4.44. The summed E-state index contributed by atoms with van der Waals surface area (Å²) in [5.41, 5.74) is 0. The average molecular weight is 352 g/mol. The lowest BCUT2D eigenvalue weighted by molar-refractivity contribution is -0.139. The summed E-state index contributed by atoms with van der Waals surface area (Å²) in [7, 11) is 0. The normalized spacial score (nSPS) is 15.5. The van der Waals surface area contributed by atoms with E-state index in [4.69, 9.17) is 0 Å². The number of anilines is 1. The van der Waals surface area contributed by atoms with Crippen molar-refractivity contribution in [3.8, 4) is 0 Å². The van der Waals surface area contributed by atoms with Crippen LogP contribution in [0, 0.1) is 18.8 Å². The largest absolute Gasteiger partial charge is 0.333 e. The molecule has 0 spiro atoms. The number of hydrogen-bond donors (Lipinski definition) is 1. The second kappa shape index (κ2) is 9.16. The number of aryl methyl sites for hydroxylation is 1. The fourth-order valence-corrected chi connectivity index (χ4v) is 3.71. The third kappa shape index (κ3) is 5.89. The maximum Gasteiger partial charge on any atom is 0.245 e. The monoisotopic (exact) mass is 351 g/mol. The van der Waals surface area contributed by atoms with Gasteiger partial charge in [-0.05, 0) is 32.1 Å². The second-order valence-corrected chi connectivity index (χ2v) is 8.34. The number of aromatic nitrogens is 1. The van der Waals surface area contributed by atoms with Crippen LogP contribution >= 0.6 is 11.3 Å². The maximum absolute atomic E-state index is 12.8. The van der Waals surface area contributed by atoms with Crippen molar-refractivity contribution in [3.63, 3.8) is 0 Å². The van der Waals surface area contributed by atoms with Gasteiger partial charge in [-0.1, -0.05) is 33.1 Å². The zero-order valence-electron chi connectivity index (χ0n) is 15.0. The number of amides is 2. The Morgan fingerprint density at radius 1 is 1.33 bits per heavy atom. The van der Waals surface area contributed by atoms with Gasteiger partial charge >= 0.3 is 0 Å². The van der Waals surface area contributed by atoms with Crippen molar-refractivity contribution < 1.29 is 9.59 Å². The van der Waals surface area contributed by atoms with Crippen molar-refractivity contribution in [3.05, 3.63) is 11.1 Å². The van der Waals surface area contributed by atoms with Gasteiger partial charge in [0.25, 0.3) is 0 Å². The van der Waals surface area contributed by atoms with E-state index in [0.717, 1.165) is 37.0 Å². The first-order chi connectivity index (χ1) is 11.5. The highest BCUT2D eigenvalue weighted by Crippen LogP contribution is 2.26. The highest BCUT2D eigenvalue weighted by atomic mass is 32.1. The van der Waals surface area contributed by atoms with E-state index in [9.17, 15) is 9.59 Å². The van der Waals surface area contributed by atoms with Crippen LogP contribution in [-0.2, 0) is 9.59 Å². The van der Waals surface area contributed by atoms with Crippen LogP contribution in [0.1, 0.15) is 57.2 Å². The zero-order chi connectivity index (χ0) is 17.5. The van der Waals surface area contributed by atoms with Crippen LogP contribution in [0.25, 0.3) is 0 Å². The first-order valence-corrected chi connectivity index (χ1v) is 9.78. The zero-order valence-corrected chi connectivity index (χ0v) is 15.8. The van der Waals surface area contributed by atoms with Gasteiger partial charge in [0.1, 0.15) is 0 Å². The summed E-state index contributed by atoms with van der Waals surface area (Å²) in [5, 5.41) is 3.42. The Bertz CT molecular complexity index is 550. The molecule has 1 heterocycles. The molecule has 0 radical (unpaired) electrons. The van der Waals surface area contributed by atoms with E-state index >= 15 is 0 Å². The Morgan fingerprint density at radius 2 is 2.04 bits per heavy atom. The van der Waals surface area contributed by atoms with Crippen LogP contribution in [0.4, 0.5) is 5.13 Å². The predicted molar refractivity (Wildman–Crippen MR) is 98.1 cm³/mol. The number of thiazole rings is 1. The molecular formula is C18H29N3O2S. The summed E-state index contributed by atoms with van der Waals surface area (Å²) in [5.74, 6) is 0.607. The predicted octanol–water partition coefficient (Wildman–Crippen LogP) is 3.85. The number of nitrogens with one attached hydrogen (secondary N) is 1. The molecule has 1 aromatic rings. The fraction of sp³-hybridized carbons (Fsp3) is 0.722. The van der Waals surface area contributed by atoms with Crippen molar-refractivity contribution in [2.75, 3.05) is 18.4 Å². The molecule has 0 aliphatic heterocycles. The van der Waals surface area contributed by atoms with Crippen molar-refractivity contribution in [2.24, 2.45) is 11.8 Å². The van der Waals surface area contributed by atoms with Crippen LogP contribution in [0.15, 0.2) is 6.20 Å². The molecule has 24 heavy (non-hydrogen) atoms. The van der Waals surface area contributed by atoms with Gasteiger partial charge in [0.15, 0.2) is 5.13 Å². The minimum absolute atomic E-state index is 0.0980. The molecule has 0 saturated heterocycles. The molecule has 1 aliphatic carbocycles. The Labute approximate surface area is 148 Å². The van der Waals surface area contributed by atoms with Crippen LogP contribution in [-0.4, -0.2) is 34.8 Å². The van der Waals surface area contributed by atoms with E-state index in [1.165, 1.54) is 17.8 Å². The van der Waals surface area contributed by atoms with E-state index in [2.05, 4.69) is 24.1 Å². The maximum atomic E-state index is 12.8. The van der Waals surface area contributed by atoms with Gasteiger partial charge in [0.05, 0.1) is 6.54 Å².